The quantitative estimate of drug-likeness (QED) is 0.252. The Labute approximate surface area is 228 Å². The largest absolute Gasteiger partial charge is 2.00 e. The van der Waals surface area contributed by atoms with E-state index >= 15 is 0 Å². The molecule has 0 unspecified atom stereocenters. The number of hydrogen-bond acceptors (Lipinski definition) is 12. The molecule has 0 bridgehead atoms. The molecule has 0 atom stereocenters. The smallest absolute Gasteiger partial charge is 0.822 e. The third kappa shape index (κ3) is 1060. The topological polar surface area (TPSA) is 293 Å². The maximum atomic E-state index is 8.77. The summed E-state index contributed by atoms with van der Waals surface area (Å²) in [4.78, 5) is 65.2. The maximum absolute atomic E-state index is 8.77. The first-order valence-electron chi connectivity index (χ1n) is 2.72. The molecule has 2 N–H and O–H groups in total. The Hall–Kier alpha value is 3.31. The van der Waals surface area contributed by atoms with E-state index < -0.39 is 28.0 Å². The van der Waals surface area contributed by atoms with Crippen LogP contribution in [0.1, 0.15) is 0 Å². The van der Waals surface area contributed by atoms with E-state index in [1.807, 2.05) is 0 Å². The first kappa shape index (κ1) is 49.9. The normalized spacial score (nSPS) is 7.55. The summed E-state index contributed by atoms with van der Waals surface area (Å²) in [6.45, 7) is 0. The van der Waals surface area contributed by atoms with Crippen LogP contribution < -0.4 is 40.0 Å². The van der Waals surface area contributed by atoms with Crippen molar-refractivity contribution in [2.45, 2.75) is 0 Å². The van der Waals surface area contributed by atoms with Gasteiger partial charge >= 0.3 is 136 Å². The summed E-state index contributed by atoms with van der Waals surface area (Å²) in [5, 5.41) is 33.3. The Morgan fingerprint density at radius 3 is 0.682 bits per heavy atom. The van der Waals surface area contributed by atoms with Gasteiger partial charge in [0.1, 0.15) is 0 Å². The van der Waals surface area contributed by atoms with Crippen LogP contribution >= 0.6 is 15.6 Å². The van der Waals surface area contributed by atoms with Crippen molar-refractivity contribution in [1.29, 1.82) is 0 Å². The number of carbonyl (C=O) groups is 2. The molecule has 0 aromatic carbocycles. The Bertz CT molecular complexity index is 268. The Morgan fingerprint density at radius 1 is 0.682 bits per heavy atom. The van der Waals surface area contributed by atoms with Gasteiger partial charge in [0.05, 0.1) is 0 Å². The SMILES string of the molecule is O=C([O-])[O-].O=C([O-])[O-].O=P([O-])(O)O.O=P([O-])([O-])[O-].[Ca+2].[Ca+2].[Ca+2].[Mg+2]. The van der Waals surface area contributed by atoms with Crippen molar-refractivity contribution in [3.05, 3.63) is 0 Å². The first-order valence-corrected chi connectivity index (χ1v) is 5.71. The van der Waals surface area contributed by atoms with Crippen LogP contribution in [-0.2, 0) is 9.13 Å². The van der Waals surface area contributed by atoms with Crippen molar-refractivity contribution in [3.63, 3.8) is 0 Å². The molecule has 0 rings (SSSR count). The maximum Gasteiger partial charge on any atom is 2.00 e. The van der Waals surface area contributed by atoms with Gasteiger partial charge in [-0.15, -0.1) is 0 Å². The van der Waals surface area contributed by atoms with E-state index in [4.69, 9.17) is 68.5 Å². The first-order chi connectivity index (χ1) is 7.46. The molecule has 0 saturated heterocycles. The Balaban J connectivity index is -0.0000000188. The summed E-state index contributed by atoms with van der Waals surface area (Å²) in [6, 6.07) is 0. The second kappa shape index (κ2) is 29.1. The molecule has 22 heavy (non-hydrogen) atoms. The van der Waals surface area contributed by atoms with Crippen LogP contribution in [0, 0.1) is 0 Å². The molecule has 0 radical (unpaired) electrons. The number of hydrogen-bond donors (Lipinski definition) is 2. The van der Waals surface area contributed by atoms with E-state index in [-0.39, 0.29) is 136 Å². The van der Waals surface area contributed by atoms with Crippen LogP contribution in [0.2, 0.25) is 0 Å². The molecule has 20 heteroatoms. The van der Waals surface area contributed by atoms with Gasteiger partial charge in [0.2, 0.25) is 0 Å². The van der Waals surface area contributed by atoms with Gasteiger partial charge in [-0.1, -0.05) is 0 Å². The van der Waals surface area contributed by atoms with Crippen molar-refractivity contribution < 1.29 is 68.5 Å². The summed E-state index contributed by atoms with van der Waals surface area (Å²) in [5.41, 5.74) is 0. The van der Waals surface area contributed by atoms with Crippen LogP contribution in [0.3, 0.4) is 0 Å². The second-order valence-electron chi connectivity index (χ2n) is 1.44. The van der Waals surface area contributed by atoms with Gasteiger partial charge in [0, 0.05) is 0 Å². The van der Waals surface area contributed by atoms with Gasteiger partial charge in [-0.25, -0.2) is 0 Å². The average molecular weight is 457 g/mol. The third-order valence-corrected chi connectivity index (χ3v) is 0. The summed E-state index contributed by atoms with van der Waals surface area (Å²) >= 11 is 0. The zero-order valence-corrected chi connectivity index (χ0v) is 20.3. The van der Waals surface area contributed by atoms with Gasteiger partial charge in [-0.2, -0.15) is 7.82 Å². The van der Waals surface area contributed by atoms with Gasteiger partial charge in [0.15, 0.2) is 0 Å². The average Bonchev–Trinajstić information content (AvgIpc) is 1.70. The molecule has 112 valence electrons. The van der Waals surface area contributed by atoms with Crippen LogP contribution in [0.4, 0.5) is 9.59 Å². The van der Waals surface area contributed by atoms with Crippen molar-refractivity contribution >= 4 is 164 Å². The summed E-state index contributed by atoms with van der Waals surface area (Å²) in [5.74, 6) is 0. The van der Waals surface area contributed by atoms with Gasteiger partial charge in [-0.3, -0.25) is 4.57 Å². The molecule has 0 amide bonds. The molecular formula is C2H2Ca3MgO14P2. The number of rotatable bonds is 0. The molecule has 0 fully saturated rings. The van der Waals surface area contributed by atoms with Gasteiger partial charge in [-0.05, 0) is 12.3 Å². The van der Waals surface area contributed by atoms with E-state index in [2.05, 4.69) is 0 Å². The number of phosphoric acid groups is 2. The fourth-order valence-electron chi connectivity index (χ4n) is 0. The molecule has 0 heterocycles. The minimum atomic E-state index is -5.39. The number of carboxylic acid groups (broad SMARTS) is 4. The zero-order valence-electron chi connectivity index (χ0n) is 10.5. The summed E-state index contributed by atoms with van der Waals surface area (Å²) < 4.78 is 17.3. The molecular weight excluding hydrogens is 454 g/mol. The molecule has 0 aromatic rings. The number of carbonyl (C=O) groups excluding carboxylic acids is 2. The van der Waals surface area contributed by atoms with E-state index in [0.29, 0.717) is 0 Å². The van der Waals surface area contributed by atoms with Crippen LogP contribution in [-0.4, -0.2) is 158 Å². The van der Waals surface area contributed by atoms with Crippen molar-refractivity contribution in [2.24, 2.45) is 0 Å². The van der Waals surface area contributed by atoms with Crippen molar-refractivity contribution in [2.75, 3.05) is 0 Å². The minimum Gasteiger partial charge on any atom is -0.822 e. The summed E-state index contributed by atoms with van der Waals surface area (Å²) in [6.07, 6.45) is -4.67. The van der Waals surface area contributed by atoms with E-state index in [9.17, 15) is 0 Å². The third-order valence-electron chi connectivity index (χ3n) is 0. The van der Waals surface area contributed by atoms with E-state index in [0.717, 1.165) is 0 Å². The van der Waals surface area contributed by atoms with Crippen LogP contribution in [0.5, 0.6) is 0 Å². The molecule has 0 spiro atoms. The van der Waals surface area contributed by atoms with E-state index in [1.54, 1.807) is 0 Å². The fourth-order valence-corrected chi connectivity index (χ4v) is 0. The van der Waals surface area contributed by atoms with Crippen molar-refractivity contribution in [3.8, 4) is 0 Å². The van der Waals surface area contributed by atoms with Gasteiger partial charge < -0.3 is 63.9 Å². The zero-order chi connectivity index (χ0) is 16.2. The summed E-state index contributed by atoms with van der Waals surface area (Å²) in [7, 11) is -10.3. The van der Waals surface area contributed by atoms with Crippen LogP contribution in [0.25, 0.3) is 0 Å². The predicted molar refractivity (Wildman–Crippen MR) is 53.5 cm³/mol. The monoisotopic (exact) mass is 456 g/mol. The van der Waals surface area contributed by atoms with E-state index in [1.165, 1.54) is 0 Å². The molecule has 14 nitrogen and oxygen atoms in total. The van der Waals surface area contributed by atoms with Crippen LogP contribution in [0.15, 0.2) is 0 Å². The standard InChI is InChI=1S/2CH2O3.3Ca.Mg.2H3O4P/c2*2-1(3)4;;;;;2*1-5(2,3)4/h2*(H2,2,3,4);;;;;2*(H3,1,2,3,4)/q;;4*+2;;/p-8. The fraction of sp³-hybridized carbons (Fsp3) is 0. The Kier molecular flexibility index (Phi) is 66.0. The van der Waals surface area contributed by atoms with Gasteiger partial charge in [0.25, 0.3) is 7.82 Å². The molecule has 0 aliphatic rings. The second-order valence-corrected chi connectivity index (χ2v) is 3.31. The molecule has 0 aliphatic carbocycles. The van der Waals surface area contributed by atoms with Crippen molar-refractivity contribution in [1.82, 2.24) is 0 Å². The molecule has 0 aliphatic heterocycles. The molecule has 0 aromatic heterocycles. The Morgan fingerprint density at radius 2 is 0.682 bits per heavy atom. The molecule has 0 saturated carbocycles. The minimum absolute atomic E-state index is 0. The predicted octanol–water partition coefficient (Wildman–Crippen LogP) is -10.8.